The lowest BCUT2D eigenvalue weighted by Gasteiger charge is -2.36. The lowest BCUT2D eigenvalue weighted by Crippen LogP contribution is -2.53. The third kappa shape index (κ3) is 5.69. The van der Waals surface area contributed by atoms with Gasteiger partial charge in [0.15, 0.2) is 0 Å². The van der Waals surface area contributed by atoms with Crippen LogP contribution in [0.1, 0.15) is 31.1 Å². The topological polar surface area (TPSA) is 61.9 Å². The van der Waals surface area contributed by atoms with E-state index in [-0.39, 0.29) is 29.8 Å². The Hall–Kier alpha value is -2.15. The maximum absolute atomic E-state index is 13.1. The van der Waals surface area contributed by atoms with Crippen LogP contribution >= 0.6 is 0 Å². The van der Waals surface area contributed by atoms with Gasteiger partial charge in [0.1, 0.15) is 5.82 Å². The second-order valence-electron chi connectivity index (χ2n) is 6.89. The summed E-state index contributed by atoms with van der Waals surface area (Å²) in [7, 11) is 0. The molecule has 0 saturated carbocycles. The summed E-state index contributed by atoms with van der Waals surface area (Å²) in [6.07, 6.45) is -0.241. The molecule has 0 radical (unpaired) electrons. The molecule has 1 fully saturated rings. The smallest absolute Gasteiger partial charge is 0.317 e. The minimum Gasteiger partial charge on any atom is -0.373 e. The van der Waals surface area contributed by atoms with Gasteiger partial charge in [-0.25, -0.2) is 9.18 Å². The average molecular weight is 365 g/mol. The minimum atomic E-state index is -0.370. The molecule has 1 aromatic rings. The molecule has 0 spiro atoms. The van der Waals surface area contributed by atoms with Gasteiger partial charge in [0.2, 0.25) is 0 Å². The van der Waals surface area contributed by atoms with Gasteiger partial charge in [-0.1, -0.05) is 13.8 Å². The number of rotatable bonds is 6. The highest BCUT2D eigenvalue weighted by atomic mass is 19.1. The molecular weight excluding hydrogens is 337 g/mol. The first-order valence-corrected chi connectivity index (χ1v) is 9.10. The molecule has 1 aliphatic heterocycles. The highest BCUT2D eigenvalue weighted by molar-refractivity contribution is 5.94. The van der Waals surface area contributed by atoms with Crippen molar-refractivity contribution >= 4 is 11.9 Å². The second kappa shape index (κ2) is 9.52. The van der Waals surface area contributed by atoms with E-state index in [1.165, 1.54) is 24.3 Å². The molecule has 1 N–H and O–H groups in total. The first kappa shape index (κ1) is 20.2. The number of nitrogens with one attached hydrogen (secondary N) is 1. The van der Waals surface area contributed by atoms with Crippen LogP contribution in [-0.2, 0) is 4.74 Å². The lowest BCUT2D eigenvalue weighted by atomic mass is 10.1. The predicted molar refractivity (Wildman–Crippen MR) is 97.5 cm³/mol. The molecule has 3 amide bonds. The number of hydrogen-bond acceptors (Lipinski definition) is 3. The molecule has 0 bridgehead atoms. The summed E-state index contributed by atoms with van der Waals surface area (Å²) in [6.45, 7) is 8.91. The maximum Gasteiger partial charge on any atom is 0.317 e. The molecular formula is C19H28FN3O3. The average Bonchev–Trinajstić information content (AvgIpc) is 2.61. The fraction of sp³-hybridized carbons (Fsp3) is 0.579. The predicted octanol–water partition coefficient (Wildman–Crippen LogP) is 2.35. The van der Waals surface area contributed by atoms with Crippen molar-refractivity contribution in [1.82, 2.24) is 15.1 Å². The third-order valence-corrected chi connectivity index (χ3v) is 4.14. The summed E-state index contributed by atoms with van der Waals surface area (Å²) in [5.74, 6) is -0.245. The van der Waals surface area contributed by atoms with Crippen molar-refractivity contribution < 1.29 is 18.7 Å². The molecule has 1 heterocycles. The van der Waals surface area contributed by atoms with Crippen LogP contribution in [0.15, 0.2) is 24.3 Å². The number of benzene rings is 1. The number of hydrogen-bond donors (Lipinski definition) is 1. The van der Waals surface area contributed by atoms with Gasteiger partial charge in [-0.05, 0) is 37.1 Å². The Morgan fingerprint density at radius 1 is 1.35 bits per heavy atom. The monoisotopic (exact) mass is 365 g/mol. The molecule has 2 rings (SSSR count). The van der Waals surface area contributed by atoms with E-state index in [4.69, 9.17) is 4.74 Å². The van der Waals surface area contributed by atoms with Crippen molar-refractivity contribution in [3.63, 3.8) is 0 Å². The van der Waals surface area contributed by atoms with E-state index >= 15 is 0 Å². The number of amides is 3. The van der Waals surface area contributed by atoms with Gasteiger partial charge < -0.3 is 19.9 Å². The number of ether oxygens (including phenoxy) is 1. The van der Waals surface area contributed by atoms with E-state index < -0.39 is 0 Å². The van der Waals surface area contributed by atoms with Crippen LogP contribution in [0.25, 0.3) is 0 Å². The van der Waals surface area contributed by atoms with Crippen LogP contribution in [0.3, 0.4) is 0 Å². The lowest BCUT2D eigenvalue weighted by molar-refractivity contribution is -0.0286. The van der Waals surface area contributed by atoms with Gasteiger partial charge in [0.05, 0.1) is 19.3 Å². The maximum atomic E-state index is 13.1. The van der Waals surface area contributed by atoms with Crippen LogP contribution in [0, 0.1) is 11.7 Å². The summed E-state index contributed by atoms with van der Waals surface area (Å²) in [4.78, 5) is 28.3. The Labute approximate surface area is 154 Å². The SMILES string of the molecule is CCNC(=O)N1CCOC(CN(CC(C)C)C(=O)c2ccc(F)cc2)C1. The molecule has 1 atom stereocenters. The van der Waals surface area contributed by atoms with E-state index in [1.807, 2.05) is 20.8 Å². The number of morpholine rings is 1. The van der Waals surface area contributed by atoms with Crippen molar-refractivity contribution in [3.8, 4) is 0 Å². The van der Waals surface area contributed by atoms with Gasteiger partial charge in [-0.15, -0.1) is 0 Å². The van der Waals surface area contributed by atoms with E-state index in [2.05, 4.69) is 5.32 Å². The van der Waals surface area contributed by atoms with Crippen molar-refractivity contribution in [1.29, 1.82) is 0 Å². The summed E-state index contributed by atoms with van der Waals surface area (Å²) in [5.41, 5.74) is 0.448. The molecule has 6 nitrogen and oxygen atoms in total. The summed E-state index contributed by atoms with van der Waals surface area (Å²) in [5, 5.41) is 2.79. The Bertz CT molecular complexity index is 607. The molecule has 1 unspecified atom stereocenters. The van der Waals surface area contributed by atoms with Crippen molar-refractivity contribution in [3.05, 3.63) is 35.6 Å². The van der Waals surface area contributed by atoms with Gasteiger partial charge in [-0.2, -0.15) is 0 Å². The van der Waals surface area contributed by atoms with Crippen LogP contribution in [0.4, 0.5) is 9.18 Å². The summed E-state index contributed by atoms with van der Waals surface area (Å²) < 4.78 is 18.9. The van der Waals surface area contributed by atoms with Crippen molar-refractivity contribution in [2.75, 3.05) is 39.3 Å². The van der Waals surface area contributed by atoms with Gasteiger partial charge >= 0.3 is 6.03 Å². The number of carbonyl (C=O) groups excluding carboxylic acids is 2. The third-order valence-electron chi connectivity index (χ3n) is 4.14. The molecule has 0 aliphatic carbocycles. The molecule has 1 aromatic carbocycles. The quantitative estimate of drug-likeness (QED) is 0.842. The molecule has 144 valence electrons. The van der Waals surface area contributed by atoms with Gasteiger partial charge in [0, 0.05) is 31.7 Å². The van der Waals surface area contributed by atoms with Crippen LogP contribution in [0.5, 0.6) is 0 Å². The zero-order valence-electron chi connectivity index (χ0n) is 15.7. The first-order valence-electron chi connectivity index (χ1n) is 9.10. The Kier molecular flexibility index (Phi) is 7.38. The summed E-state index contributed by atoms with van der Waals surface area (Å²) in [6, 6.07) is 5.45. The Balaban J connectivity index is 2.05. The zero-order chi connectivity index (χ0) is 19.1. The Morgan fingerprint density at radius 3 is 2.65 bits per heavy atom. The normalized spacial score (nSPS) is 17.3. The number of nitrogens with zero attached hydrogens (tertiary/aromatic N) is 2. The molecule has 1 aliphatic rings. The molecule has 1 saturated heterocycles. The molecule has 0 aromatic heterocycles. The Morgan fingerprint density at radius 2 is 2.04 bits per heavy atom. The summed E-state index contributed by atoms with van der Waals surface area (Å²) >= 11 is 0. The van der Waals surface area contributed by atoms with Crippen molar-refractivity contribution in [2.45, 2.75) is 26.9 Å². The number of carbonyl (C=O) groups is 2. The first-order chi connectivity index (χ1) is 12.4. The van der Waals surface area contributed by atoms with Crippen molar-refractivity contribution in [2.24, 2.45) is 5.92 Å². The van der Waals surface area contributed by atoms with Gasteiger partial charge in [-0.3, -0.25) is 4.79 Å². The fourth-order valence-corrected chi connectivity index (χ4v) is 2.98. The van der Waals surface area contributed by atoms with E-state index in [0.29, 0.717) is 44.9 Å². The minimum absolute atomic E-state index is 0.110. The van der Waals surface area contributed by atoms with Crippen LogP contribution in [0.2, 0.25) is 0 Å². The van der Waals surface area contributed by atoms with Crippen LogP contribution in [-0.4, -0.2) is 67.2 Å². The largest absolute Gasteiger partial charge is 0.373 e. The second-order valence-corrected chi connectivity index (χ2v) is 6.89. The fourth-order valence-electron chi connectivity index (χ4n) is 2.98. The van der Waals surface area contributed by atoms with Crippen LogP contribution < -0.4 is 5.32 Å². The number of halogens is 1. The number of urea groups is 1. The van der Waals surface area contributed by atoms with E-state index in [1.54, 1.807) is 9.80 Å². The van der Waals surface area contributed by atoms with Gasteiger partial charge in [0.25, 0.3) is 5.91 Å². The highest BCUT2D eigenvalue weighted by Crippen LogP contribution is 2.13. The standard InChI is InChI=1S/C19H28FN3O3/c1-4-21-19(25)22-9-10-26-17(12-22)13-23(11-14(2)3)18(24)15-5-7-16(20)8-6-15/h5-8,14,17H,4,9-13H2,1-3H3,(H,21,25). The molecule has 26 heavy (non-hydrogen) atoms. The highest BCUT2D eigenvalue weighted by Gasteiger charge is 2.28. The van der Waals surface area contributed by atoms with E-state index in [0.717, 1.165) is 0 Å². The molecule has 7 heteroatoms. The van der Waals surface area contributed by atoms with E-state index in [9.17, 15) is 14.0 Å². The zero-order valence-corrected chi connectivity index (χ0v) is 15.7.